The lowest BCUT2D eigenvalue weighted by Gasteiger charge is -2.12. The van der Waals surface area contributed by atoms with Gasteiger partial charge < -0.3 is 9.47 Å². The predicted octanol–water partition coefficient (Wildman–Crippen LogP) is 4.04. The minimum atomic E-state index is -1.01. The Kier molecular flexibility index (Phi) is 7.48. The molecule has 3 aromatic carbocycles. The van der Waals surface area contributed by atoms with Gasteiger partial charge in [-0.15, -0.1) is 0 Å². The van der Waals surface area contributed by atoms with Crippen LogP contribution >= 0.6 is 0 Å². The van der Waals surface area contributed by atoms with E-state index in [0.29, 0.717) is 16.9 Å². The first-order valence-corrected chi connectivity index (χ1v) is 9.95. The van der Waals surface area contributed by atoms with Crippen molar-refractivity contribution in [3.05, 3.63) is 99.6 Å². The lowest BCUT2D eigenvalue weighted by molar-refractivity contribution is -0.386. The van der Waals surface area contributed by atoms with E-state index in [-0.39, 0.29) is 11.4 Å². The number of amides is 1. The van der Waals surface area contributed by atoms with E-state index < -0.39 is 22.9 Å². The maximum Gasteiger partial charge on any atom is 0.343 e. The van der Waals surface area contributed by atoms with Gasteiger partial charge >= 0.3 is 11.7 Å². The van der Waals surface area contributed by atoms with Crippen LogP contribution < -0.4 is 14.9 Å². The molecule has 0 saturated carbocycles. The molecule has 0 saturated heterocycles. The van der Waals surface area contributed by atoms with Crippen LogP contribution in [0, 0.1) is 17.0 Å². The Labute approximate surface area is 189 Å². The lowest BCUT2D eigenvalue weighted by Crippen LogP contribution is -2.33. The Morgan fingerprint density at radius 2 is 1.79 bits per heavy atom. The number of hydrogen-bond donors (Lipinski definition) is 1. The van der Waals surface area contributed by atoms with Crippen molar-refractivity contribution in [2.24, 2.45) is 5.10 Å². The molecule has 0 unspecified atom stereocenters. The molecule has 0 radical (unpaired) electrons. The van der Waals surface area contributed by atoms with Crippen molar-refractivity contribution >= 4 is 23.8 Å². The molecule has 3 aromatic rings. The van der Waals surface area contributed by atoms with Gasteiger partial charge in [0.2, 0.25) is 0 Å². The van der Waals surface area contributed by atoms with Crippen LogP contribution in [0.2, 0.25) is 0 Å². The normalized spacial score (nSPS) is 11.6. The molecule has 1 N–H and O–H groups in total. The fourth-order valence-corrected chi connectivity index (χ4v) is 2.77. The van der Waals surface area contributed by atoms with E-state index in [0.717, 1.165) is 5.56 Å². The van der Waals surface area contributed by atoms with Crippen LogP contribution in [0.3, 0.4) is 0 Å². The molecule has 0 heterocycles. The molecule has 1 amide bonds. The van der Waals surface area contributed by atoms with Gasteiger partial charge in [0.25, 0.3) is 5.91 Å². The number of hydrazone groups is 1. The molecule has 33 heavy (non-hydrogen) atoms. The second kappa shape index (κ2) is 10.7. The van der Waals surface area contributed by atoms with Gasteiger partial charge in [0, 0.05) is 6.07 Å². The van der Waals surface area contributed by atoms with Crippen LogP contribution in [0.5, 0.6) is 11.5 Å². The first-order valence-electron chi connectivity index (χ1n) is 9.95. The molecule has 3 rings (SSSR count). The minimum absolute atomic E-state index is 0.00933. The van der Waals surface area contributed by atoms with E-state index in [2.05, 4.69) is 10.5 Å². The third kappa shape index (κ3) is 6.47. The Balaban J connectivity index is 1.53. The fraction of sp³-hybridized carbons (Fsp3) is 0.125. The van der Waals surface area contributed by atoms with E-state index in [4.69, 9.17) is 9.47 Å². The Hall–Kier alpha value is -4.53. The zero-order valence-corrected chi connectivity index (χ0v) is 17.9. The maximum absolute atomic E-state index is 12.2. The summed E-state index contributed by atoms with van der Waals surface area (Å²) in [5.41, 5.74) is 4.16. The number of nitrogens with one attached hydrogen (secondary N) is 1. The summed E-state index contributed by atoms with van der Waals surface area (Å²) in [6, 6.07) is 19.4. The van der Waals surface area contributed by atoms with Crippen molar-refractivity contribution in [1.82, 2.24) is 5.43 Å². The van der Waals surface area contributed by atoms with Crippen LogP contribution in [0.15, 0.2) is 77.9 Å². The molecule has 0 aliphatic carbocycles. The minimum Gasteiger partial charge on any atom is -0.474 e. The van der Waals surface area contributed by atoms with Crippen molar-refractivity contribution in [2.45, 2.75) is 20.0 Å². The standard InChI is InChI=1S/C24H21N3O6/c1-16-6-5-7-19(14-16)24(29)33-20-12-10-18(11-13-20)15-25-26-23(28)17(2)32-22-9-4-3-8-21(22)27(30)31/h3-15,17H,1-2H3,(H,26,28)/b25-15-/t17-/m0/s1. The SMILES string of the molecule is Cc1cccc(C(=O)Oc2ccc(/C=N\NC(=O)[C@H](C)Oc3ccccc3[N+](=O)[O-])cc2)c1. The Bertz CT molecular complexity index is 1190. The van der Waals surface area contributed by atoms with Crippen molar-refractivity contribution < 1.29 is 24.0 Å². The number of nitro benzene ring substituents is 1. The smallest absolute Gasteiger partial charge is 0.343 e. The summed E-state index contributed by atoms with van der Waals surface area (Å²) >= 11 is 0. The van der Waals surface area contributed by atoms with E-state index in [9.17, 15) is 19.7 Å². The maximum atomic E-state index is 12.2. The van der Waals surface area contributed by atoms with Crippen LogP contribution in [-0.2, 0) is 4.79 Å². The molecular formula is C24H21N3O6. The second-order valence-electron chi connectivity index (χ2n) is 7.05. The summed E-state index contributed by atoms with van der Waals surface area (Å²) in [5.74, 6) is -0.674. The third-order valence-electron chi connectivity index (χ3n) is 4.47. The number of benzene rings is 3. The summed E-state index contributed by atoms with van der Waals surface area (Å²) in [6.45, 7) is 3.35. The number of para-hydroxylation sites is 2. The molecule has 1 atom stereocenters. The van der Waals surface area contributed by atoms with Crippen molar-refractivity contribution in [3.63, 3.8) is 0 Å². The number of carbonyl (C=O) groups is 2. The predicted molar refractivity (Wildman–Crippen MR) is 122 cm³/mol. The van der Waals surface area contributed by atoms with Gasteiger partial charge in [-0.25, -0.2) is 10.2 Å². The van der Waals surface area contributed by atoms with Crippen LogP contribution in [0.4, 0.5) is 5.69 Å². The lowest BCUT2D eigenvalue weighted by atomic mass is 10.1. The topological polar surface area (TPSA) is 120 Å². The molecule has 168 valence electrons. The second-order valence-corrected chi connectivity index (χ2v) is 7.05. The summed E-state index contributed by atoms with van der Waals surface area (Å²) in [4.78, 5) is 34.8. The van der Waals surface area contributed by atoms with Crippen LogP contribution in [0.1, 0.15) is 28.4 Å². The first-order chi connectivity index (χ1) is 15.8. The number of hydrogen-bond acceptors (Lipinski definition) is 7. The van der Waals surface area contributed by atoms with Gasteiger partial charge in [0.05, 0.1) is 16.7 Å². The van der Waals surface area contributed by atoms with Gasteiger partial charge in [0.1, 0.15) is 5.75 Å². The molecule has 0 bridgehead atoms. The first kappa shape index (κ1) is 23.1. The fourth-order valence-electron chi connectivity index (χ4n) is 2.77. The monoisotopic (exact) mass is 447 g/mol. The zero-order chi connectivity index (χ0) is 23.8. The van der Waals surface area contributed by atoms with Crippen molar-refractivity contribution in [1.29, 1.82) is 0 Å². The highest BCUT2D eigenvalue weighted by molar-refractivity contribution is 5.91. The molecule has 0 aromatic heterocycles. The summed E-state index contributed by atoms with van der Waals surface area (Å²) in [6.07, 6.45) is 0.397. The van der Waals surface area contributed by atoms with E-state index >= 15 is 0 Å². The van der Waals surface area contributed by atoms with E-state index in [1.54, 1.807) is 48.5 Å². The molecular weight excluding hydrogens is 426 g/mol. The number of nitro groups is 1. The molecule has 0 spiro atoms. The molecule has 0 aliphatic rings. The summed E-state index contributed by atoms with van der Waals surface area (Å²) < 4.78 is 10.7. The molecule has 0 fully saturated rings. The summed E-state index contributed by atoms with van der Waals surface area (Å²) in [7, 11) is 0. The van der Waals surface area contributed by atoms with Gasteiger partial charge in [-0.2, -0.15) is 5.10 Å². The van der Waals surface area contributed by atoms with Gasteiger partial charge in [-0.1, -0.05) is 29.8 Å². The highest BCUT2D eigenvalue weighted by atomic mass is 16.6. The average Bonchev–Trinajstić information content (AvgIpc) is 2.80. The zero-order valence-electron chi connectivity index (χ0n) is 17.9. The Morgan fingerprint density at radius 3 is 2.48 bits per heavy atom. The van der Waals surface area contributed by atoms with E-state index in [1.807, 2.05) is 13.0 Å². The Morgan fingerprint density at radius 1 is 1.06 bits per heavy atom. The highest BCUT2D eigenvalue weighted by Crippen LogP contribution is 2.26. The van der Waals surface area contributed by atoms with Gasteiger partial charge in [0.15, 0.2) is 11.9 Å². The number of aryl methyl sites for hydroxylation is 1. The average molecular weight is 447 g/mol. The number of esters is 1. The number of nitrogens with zero attached hydrogens (tertiary/aromatic N) is 2. The molecule has 9 heteroatoms. The van der Waals surface area contributed by atoms with Crippen LogP contribution in [-0.4, -0.2) is 29.1 Å². The number of rotatable bonds is 8. The van der Waals surface area contributed by atoms with Crippen molar-refractivity contribution in [3.8, 4) is 11.5 Å². The van der Waals surface area contributed by atoms with Crippen LogP contribution in [0.25, 0.3) is 0 Å². The third-order valence-corrected chi connectivity index (χ3v) is 4.47. The molecule has 0 aliphatic heterocycles. The number of carbonyl (C=O) groups excluding carboxylic acids is 2. The largest absolute Gasteiger partial charge is 0.474 e. The number of ether oxygens (including phenoxy) is 2. The quantitative estimate of drug-likeness (QED) is 0.183. The highest BCUT2D eigenvalue weighted by Gasteiger charge is 2.20. The molecule has 9 nitrogen and oxygen atoms in total. The van der Waals surface area contributed by atoms with E-state index in [1.165, 1.54) is 31.3 Å². The van der Waals surface area contributed by atoms with Gasteiger partial charge in [-0.3, -0.25) is 14.9 Å². The van der Waals surface area contributed by atoms with Crippen molar-refractivity contribution in [2.75, 3.05) is 0 Å². The van der Waals surface area contributed by atoms with Gasteiger partial charge in [-0.05, 0) is 61.9 Å². The summed E-state index contributed by atoms with van der Waals surface area (Å²) in [5, 5.41) is 14.9.